The molecule has 1 aromatic heterocycles. The minimum atomic E-state index is -0.484. The van der Waals surface area contributed by atoms with Gasteiger partial charge in [0.15, 0.2) is 0 Å². The average molecular weight is 270 g/mol. The van der Waals surface area contributed by atoms with E-state index in [0.29, 0.717) is 5.13 Å². The Bertz CT molecular complexity index is 655. The normalized spacial score (nSPS) is 10.8. The Morgan fingerprint density at radius 3 is 2.68 bits per heavy atom. The number of aryl methyl sites for hydroxylation is 1. The van der Waals surface area contributed by atoms with E-state index in [0.717, 1.165) is 10.6 Å². The molecule has 0 bridgehead atoms. The molecular weight excluding hydrogens is 260 g/mol. The zero-order chi connectivity index (χ0) is 13.7. The van der Waals surface area contributed by atoms with Crippen LogP contribution >= 0.6 is 11.3 Å². The third-order valence-corrected chi connectivity index (χ3v) is 2.98. The van der Waals surface area contributed by atoms with E-state index in [4.69, 9.17) is 5.26 Å². The van der Waals surface area contributed by atoms with Crippen molar-refractivity contribution in [3.8, 4) is 6.07 Å². The number of carbonyl (C=O) groups is 1. The molecule has 0 saturated carbocycles. The molecule has 94 valence electrons. The van der Waals surface area contributed by atoms with Crippen molar-refractivity contribution in [2.75, 3.05) is 5.32 Å². The summed E-state index contributed by atoms with van der Waals surface area (Å²) in [5, 5.41) is 20.3. The average Bonchev–Trinajstić information content (AvgIpc) is 2.82. The molecule has 0 spiro atoms. The van der Waals surface area contributed by atoms with Gasteiger partial charge in [0.25, 0.3) is 5.91 Å². The summed E-state index contributed by atoms with van der Waals surface area (Å²) in [6, 6.07) is 11.1. The number of carbonyl (C=O) groups excluding carboxylic acids is 1. The fourth-order valence-corrected chi connectivity index (χ4v) is 1.96. The van der Waals surface area contributed by atoms with Crippen LogP contribution in [0.25, 0.3) is 6.08 Å². The van der Waals surface area contributed by atoms with Crippen LogP contribution in [0, 0.1) is 18.3 Å². The highest BCUT2D eigenvalue weighted by molar-refractivity contribution is 7.15. The number of hydrogen-bond donors (Lipinski definition) is 1. The van der Waals surface area contributed by atoms with E-state index >= 15 is 0 Å². The van der Waals surface area contributed by atoms with Crippen LogP contribution in [-0.4, -0.2) is 16.1 Å². The SMILES string of the molecule is Cc1nnc(NC(=O)C(C#N)=Cc2ccccc2)s1. The number of nitriles is 1. The van der Waals surface area contributed by atoms with Gasteiger partial charge in [-0.25, -0.2) is 0 Å². The third-order valence-electron chi connectivity index (χ3n) is 2.22. The smallest absolute Gasteiger partial charge is 0.268 e. The highest BCUT2D eigenvalue weighted by Crippen LogP contribution is 2.15. The Kier molecular flexibility index (Phi) is 4.00. The Hall–Kier alpha value is -2.52. The maximum Gasteiger partial charge on any atom is 0.268 e. The fraction of sp³-hybridized carbons (Fsp3) is 0.0769. The van der Waals surface area contributed by atoms with Crippen molar-refractivity contribution in [3.05, 3.63) is 46.5 Å². The first kappa shape index (κ1) is 12.9. The number of benzene rings is 1. The Balaban J connectivity index is 2.16. The number of aromatic nitrogens is 2. The van der Waals surface area contributed by atoms with E-state index in [9.17, 15) is 4.79 Å². The second-order valence-corrected chi connectivity index (χ2v) is 4.84. The highest BCUT2D eigenvalue weighted by atomic mass is 32.1. The minimum Gasteiger partial charge on any atom is -0.296 e. The van der Waals surface area contributed by atoms with Gasteiger partial charge in [-0.2, -0.15) is 5.26 Å². The van der Waals surface area contributed by atoms with Crippen LogP contribution in [0.4, 0.5) is 5.13 Å². The van der Waals surface area contributed by atoms with Crippen molar-refractivity contribution in [1.29, 1.82) is 5.26 Å². The molecular formula is C13H10N4OS. The molecule has 0 aliphatic carbocycles. The van der Waals surface area contributed by atoms with E-state index in [-0.39, 0.29) is 5.57 Å². The number of rotatable bonds is 3. The van der Waals surface area contributed by atoms with Crippen molar-refractivity contribution in [1.82, 2.24) is 10.2 Å². The molecule has 0 atom stereocenters. The van der Waals surface area contributed by atoms with Gasteiger partial charge in [-0.05, 0) is 18.6 Å². The Morgan fingerprint density at radius 2 is 2.11 bits per heavy atom. The molecule has 5 nitrogen and oxygen atoms in total. The molecule has 1 heterocycles. The summed E-state index contributed by atoms with van der Waals surface area (Å²) in [7, 11) is 0. The molecule has 0 radical (unpaired) electrons. The molecule has 1 amide bonds. The predicted molar refractivity (Wildman–Crippen MR) is 73.3 cm³/mol. The van der Waals surface area contributed by atoms with E-state index in [2.05, 4.69) is 15.5 Å². The molecule has 2 rings (SSSR count). The van der Waals surface area contributed by atoms with Gasteiger partial charge in [0.2, 0.25) is 5.13 Å². The highest BCUT2D eigenvalue weighted by Gasteiger charge is 2.11. The second-order valence-electron chi connectivity index (χ2n) is 3.66. The minimum absolute atomic E-state index is 0.0269. The van der Waals surface area contributed by atoms with Gasteiger partial charge in [-0.15, -0.1) is 10.2 Å². The number of nitrogens with zero attached hydrogens (tertiary/aromatic N) is 3. The maximum absolute atomic E-state index is 11.9. The van der Waals surface area contributed by atoms with Crippen LogP contribution in [-0.2, 0) is 4.79 Å². The Labute approximate surface area is 114 Å². The van der Waals surface area contributed by atoms with Crippen molar-refractivity contribution in [3.63, 3.8) is 0 Å². The van der Waals surface area contributed by atoms with E-state index < -0.39 is 5.91 Å². The van der Waals surface area contributed by atoms with Crippen LogP contribution in [0.2, 0.25) is 0 Å². The van der Waals surface area contributed by atoms with Crippen LogP contribution < -0.4 is 5.32 Å². The lowest BCUT2D eigenvalue weighted by molar-refractivity contribution is -0.112. The number of anilines is 1. The Morgan fingerprint density at radius 1 is 1.37 bits per heavy atom. The molecule has 0 unspecified atom stereocenters. The lowest BCUT2D eigenvalue weighted by atomic mass is 10.1. The summed E-state index contributed by atoms with van der Waals surface area (Å²) in [4.78, 5) is 11.9. The molecule has 6 heteroatoms. The van der Waals surface area contributed by atoms with Crippen LogP contribution in [0.5, 0.6) is 0 Å². The first-order valence-electron chi connectivity index (χ1n) is 5.47. The summed E-state index contributed by atoms with van der Waals surface area (Å²) in [5.41, 5.74) is 0.821. The summed E-state index contributed by atoms with van der Waals surface area (Å²) in [6.45, 7) is 1.79. The molecule has 1 N–H and O–H groups in total. The van der Waals surface area contributed by atoms with Crippen LogP contribution in [0.1, 0.15) is 10.6 Å². The van der Waals surface area contributed by atoms with Gasteiger partial charge >= 0.3 is 0 Å². The molecule has 0 aliphatic rings. The maximum atomic E-state index is 11.9. The van der Waals surface area contributed by atoms with Gasteiger partial charge in [0, 0.05) is 0 Å². The van der Waals surface area contributed by atoms with Crippen molar-refractivity contribution < 1.29 is 4.79 Å². The molecule has 2 aromatic rings. The lowest BCUT2D eigenvalue weighted by Crippen LogP contribution is -2.13. The van der Waals surface area contributed by atoms with Gasteiger partial charge in [-0.1, -0.05) is 41.7 Å². The largest absolute Gasteiger partial charge is 0.296 e. The molecule has 0 fully saturated rings. The fourth-order valence-electron chi connectivity index (χ4n) is 1.38. The second kappa shape index (κ2) is 5.89. The van der Waals surface area contributed by atoms with Crippen molar-refractivity contribution in [2.45, 2.75) is 6.92 Å². The molecule has 19 heavy (non-hydrogen) atoms. The quantitative estimate of drug-likeness (QED) is 0.686. The zero-order valence-electron chi connectivity index (χ0n) is 10.1. The third kappa shape index (κ3) is 3.47. The molecule has 0 aliphatic heterocycles. The van der Waals surface area contributed by atoms with Gasteiger partial charge in [0.1, 0.15) is 16.6 Å². The van der Waals surface area contributed by atoms with Crippen molar-refractivity contribution >= 4 is 28.5 Å². The monoisotopic (exact) mass is 270 g/mol. The van der Waals surface area contributed by atoms with E-state index in [1.165, 1.54) is 17.4 Å². The first-order chi connectivity index (χ1) is 9.19. The summed E-state index contributed by atoms with van der Waals surface area (Å²) in [6.07, 6.45) is 1.53. The van der Waals surface area contributed by atoms with Gasteiger partial charge in [-0.3, -0.25) is 10.1 Å². The predicted octanol–water partition coefficient (Wildman–Crippen LogP) is 2.39. The number of hydrogen-bond acceptors (Lipinski definition) is 5. The van der Waals surface area contributed by atoms with Crippen LogP contribution in [0.15, 0.2) is 35.9 Å². The summed E-state index contributed by atoms with van der Waals surface area (Å²) >= 11 is 1.26. The number of nitrogens with one attached hydrogen (secondary N) is 1. The molecule has 0 saturated heterocycles. The summed E-state index contributed by atoms with van der Waals surface area (Å²) in [5.74, 6) is -0.484. The summed E-state index contributed by atoms with van der Waals surface area (Å²) < 4.78 is 0. The van der Waals surface area contributed by atoms with E-state index in [1.54, 1.807) is 6.92 Å². The van der Waals surface area contributed by atoms with E-state index in [1.807, 2.05) is 36.4 Å². The van der Waals surface area contributed by atoms with Gasteiger partial charge in [0.05, 0.1) is 0 Å². The first-order valence-corrected chi connectivity index (χ1v) is 6.29. The number of amides is 1. The van der Waals surface area contributed by atoms with Crippen LogP contribution in [0.3, 0.4) is 0 Å². The standard InChI is InChI=1S/C13H10N4OS/c1-9-16-17-13(19-9)15-12(18)11(8-14)7-10-5-3-2-4-6-10/h2-7H,1H3,(H,15,17,18). The molecule has 1 aromatic carbocycles. The van der Waals surface area contributed by atoms with Gasteiger partial charge < -0.3 is 0 Å². The topological polar surface area (TPSA) is 78.7 Å². The zero-order valence-corrected chi connectivity index (χ0v) is 10.9. The lowest BCUT2D eigenvalue weighted by Gasteiger charge is -1.99. The van der Waals surface area contributed by atoms with Crippen molar-refractivity contribution in [2.24, 2.45) is 0 Å².